The zero-order valence-corrected chi connectivity index (χ0v) is 9.25. The van der Waals surface area contributed by atoms with Crippen LogP contribution < -0.4 is 11.5 Å². The summed E-state index contributed by atoms with van der Waals surface area (Å²) < 4.78 is 0. The van der Waals surface area contributed by atoms with E-state index >= 15 is 0 Å². The molecule has 0 amide bonds. The maximum absolute atomic E-state index is 6.04. The van der Waals surface area contributed by atoms with Gasteiger partial charge in [-0.3, -0.25) is 0 Å². The van der Waals surface area contributed by atoms with Gasteiger partial charge in [-0.25, -0.2) is 0 Å². The van der Waals surface area contributed by atoms with Crippen LogP contribution in [0.25, 0.3) is 0 Å². The van der Waals surface area contributed by atoms with Crippen LogP contribution in [0.15, 0.2) is 24.3 Å². The van der Waals surface area contributed by atoms with E-state index in [1.54, 1.807) is 0 Å². The molecule has 1 aromatic rings. The maximum atomic E-state index is 6.04. The molecule has 0 aliphatic rings. The first kappa shape index (κ1) is 11.2. The highest BCUT2D eigenvalue weighted by atomic mass is 14.8. The Balaban J connectivity index is 2.87. The van der Waals surface area contributed by atoms with Crippen molar-refractivity contribution in [3.63, 3.8) is 0 Å². The molecule has 0 saturated heterocycles. The molecular formula is C12H20N2. The average Bonchev–Trinajstić information content (AvgIpc) is 2.15. The average molecular weight is 192 g/mol. The van der Waals surface area contributed by atoms with Crippen molar-refractivity contribution >= 4 is 0 Å². The van der Waals surface area contributed by atoms with Crippen molar-refractivity contribution in [2.45, 2.75) is 38.8 Å². The van der Waals surface area contributed by atoms with Gasteiger partial charge in [0.2, 0.25) is 0 Å². The summed E-state index contributed by atoms with van der Waals surface area (Å²) in [7, 11) is 0. The van der Waals surface area contributed by atoms with Crippen molar-refractivity contribution in [1.82, 2.24) is 0 Å². The van der Waals surface area contributed by atoms with E-state index in [9.17, 15) is 0 Å². The van der Waals surface area contributed by atoms with Crippen LogP contribution in [0, 0.1) is 0 Å². The lowest BCUT2D eigenvalue weighted by Gasteiger charge is -2.27. The number of nitrogens with two attached hydrogens (primary N) is 2. The molecule has 0 heterocycles. The van der Waals surface area contributed by atoms with Crippen LogP contribution in [-0.4, -0.2) is 5.54 Å². The molecule has 0 aromatic heterocycles. The van der Waals surface area contributed by atoms with Crippen LogP contribution in [0.5, 0.6) is 0 Å². The molecule has 1 rings (SSSR count). The molecule has 78 valence electrons. The van der Waals surface area contributed by atoms with Gasteiger partial charge >= 0.3 is 0 Å². The summed E-state index contributed by atoms with van der Waals surface area (Å²) in [5, 5.41) is 0. The Kier molecular flexibility index (Phi) is 3.29. The minimum Gasteiger partial charge on any atom is -0.324 e. The molecule has 14 heavy (non-hydrogen) atoms. The lowest BCUT2D eigenvalue weighted by Crippen LogP contribution is -2.43. The highest BCUT2D eigenvalue weighted by molar-refractivity contribution is 5.26. The Morgan fingerprint density at radius 1 is 1.21 bits per heavy atom. The smallest absolute Gasteiger partial charge is 0.0472 e. The predicted molar refractivity (Wildman–Crippen MR) is 61.0 cm³/mol. The van der Waals surface area contributed by atoms with E-state index in [-0.39, 0.29) is 11.6 Å². The van der Waals surface area contributed by atoms with Crippen LogP contribution >= 0.6 is 0 Å². The maximum Gasteiger partial charge on any atom is 0.0472 e. The first-order chi connectivity index (χ1) is 6.45. The Morgan fingerprint density at radius 2 is 1.71 bits per heavy atom. The molecule has 0 aliphatic heterocycles. The molecule has 4 N–H and O–H groups in total. The molecule has 0 aliphatic carbocycles. The first-order valence-electron chi connectivity index (χ1n) is 5.08. The number of aryl methyl sites for hydroxylation is 1. The molecule has 0 radical (unpaired) electrons. The minimum atomic E-state index is -0.367. The zero-order valence-electron chi connectivity index (χ0n) is 9.25. The van der Waals surface area contributed by atoms with E-state index in [0.717, 1.165) is 12.0 Å². The highest BCUT2D eigenvalue weighted by Crippen LogP contribution is 2.20. The third-order valence-corrected chi connectivity index (χ3v) is 2.55. The van der Waals surface area contributed by atoms with E-state index in [1.165, 1.54) is 5.56 Å². The molecule has 2 nitrogen and oxygen atoms in total. The minimum absolute atomic E-state index is 0.103. The van der Waals surface area contributed by atoms with Gasteiger partial charge in [-0.15, -0.1) is 0 Å². The van der Waals surface area contributed by atoms with Crippen molar-refractivity contribution < 1.29 is 0 Å². The topological polar surface area (TPSA) is 52.0 Å². The van der Waals surface area contributed by atoms with E-state index in [4.69, 9.17) is 11.5 Å². The Hall–Kier alpha value is -0.860. The van der Waals surface area contributed by atoms with Crippen LogP contribution in [0.1, 0.15) is 37.9 Å². The van der Waals surface area contributed by atoms with Crippen molar-refractivity contribution in [1.29, 1.82) is 0 Å². The number of hydrogen-bond acceptors (Lipinski definition) is 2. The molecular weight excluding hydrogens is 172 g/mol. The van der Waals surface area contributed by atoms with Gasteiger partial charge in [0.1, 0.15) is 0 Å². The number of benzene rings is 1. The fraction of sp³-hybridized carbons (Fsp3) is 0.500. The van der Waals surface area contributed by atoms with Crippen LogP contribution in [-0.2, 0) is 6.42 Å². The summed E-state index contributed by atoms with van der Waals surface area (Å²) in [6, 6.07) is 8.26. The fourth-order valence-electron chi connectivity index (χ4n) is 1.39. The number of rotatable bonds is 3. The van der Waals surface area contributed by atoms with E-state index in [0.29, 0.717) is 0 Å². The quantitative estimate of drug-likeness (QED) is 0.769. The first-order valence-corrected chi connectivity index (χ1v) is 5.08. The third kappa shape index (κ3) is 2.56. The van der Waals surface area contributed by atoms with Gasteiger partial charge in [-0.2, -0.15) is 0 Å². The van der Waals surface area contributed by atoms with Gasteiger partial charge in [0.15, 0.2) is 0 Å². The van der Waals surface area contributed by atoms with Crippen LogP contribution in [0.3, 0.4) is 0 Å². The second-order valence-electron chi connectivity index (χ2n) is 4.39. The second-order valence-corrected chi connectivity index (χ2v) is 4.39. The van der Waals surface area contributed by atoms with Crippen molar-refractivity contribution in [2.24, 2.45) is 11.5 Å². The summed E-state index contributed by atoms with van der Waals surface area (Å²) >= 11 is 0. The molecule has 2 heteroatoms. The van der Waals surface area contributed by atoms with Crippen LogP contribution in [0.4, 0.5) is 0 Å². The predicted octanol–water partition coefficient (Wildman–Crippen LogP) is 1.99. The number of hydrogen-bond donors (Lipinski definition) is 2. The molecule has 0 fully saturated rings. The SMILES string of the molecule is CCc1ccc(C(N)C(C)(C)N)cc1. The van der Waals surface area contributed by atoms with Gasteiger partial charge in [0, 0.05) is 11.6 Å². The standard InChI is InChI=1S/C12H20N2/c1-4-9-5-7-10(8-6-9)11(13)12(2,3)14/h5-8,11H,4,13-14H2,1-3H3. The van der Waals surface area contributed by atoms with E-state index in [2.05, 4.69) is 31.2 Å². The molecule has 1 atom stereocenters. The fourth-order valence-corrected chi connectivity index (χ4v) is 1.39. The van der Waals surface area contributed by atoms with Gasteiger partial charge in [-0.05, 0) is 31.4 Å². The lowest BCUT2D eigenvalue weighted by atomic mass is 9.90. The summed E-state index contributed by atoms with van der Waals surface area (Å²) in [4.78, 5) is 0. The van der Waals surface area contributed by atoms with Crippen molar-refractivity contribution in [3.05, 3.63) is 35.4 Å². The largest absolute Gasteiger partial charge is 0.324 e. The summed E-state index contributed by atoms with van der Waals surface area (Å²) in [5.74, 6) is 0. The normalized spacial score (nSPS) is 14.1. The zero-order chi connectivity index (χ0) is 10.8. The Bertz CT molecular complexity index is 282. The van der Waals surface area contributed by atoms with Crippen molar-refractivity contribution in [3.8, 4) is 0 Å². The molecule has 0 bridgehead atoms. The molecule has 0 saturated carbocycles. The summed E-state index contributed by atoms with van der Waals surface area (Å²) in [5.41, 5.74) is 14.1. The van der Waals surface area contributed by atoms with Gasteiger partial charge in [0.25, 0.3) is 0 Å². The molecule has 0 spiro atoms. The highest BCUT2D eigenvalue weighted by Gasteiger charge is 2.22. The molecule has 1 unspecified atom stereocenters. The van der Waals surface area contributed by atoms with Gasteiger partial charge in [-0.1, -0.05) is 31.2 Å². The summed E-state index contributed by atoms with van der Waals surface area (Å²) in [6.45, 7) is 6.04. The second kappa shape index (κ2) is 4.11. The lowest BCUT2D eigenvalue weighted by molar-refractivity contribution is 0.420. The molecule has 1 aromatic carbocycles. The monoisotopic (exact) mass is 192 g/mol. The third-order valence-electron chi connectivity index (χ3n) is 2.55. The Morgan fingerprint density at radius 3 is 2.07 bits per heavy atom. The van der Waals surface area contributed by atoms with Gasteiger partial charge < -0.3 is 11.5 Å². The van der Waals surface area contributed by atoms with E-state index in [1.807, 2.05) is 13.8 Å². The van der Waals surface area contributed by atoms with Crippen molar-refractivity contribution in [2.75, 3.05) is 0 Å². The van der Waals surface area contributed by atoms with E-state index < -0.39 is 0 Å². The Labute approximate surface area is 86.3 Å². The van der Waals surface area contributed by atoms with Crippen LogP contribution in [0.2, 0.25) is 0 Å². The van der Waals surface area contributed by atoms with Gasteiger partial charge in [0.05, 0.1) is 0 Å². The summed E-state index contributed by atoms with van der Waals surface area (Å²) in [6.07, 6.45) is 1.06.